The number of thiophene rings is 1. The molecule has 2 amide bonds. The number of aryl methyl sites for hydroxylation is 2. The van der Waals surface area contributed by atoms with Crippen LogP contribution in [0, 0.1) is 13.8 Å². The van der Waals surface area contributed by atoms with Crippen LogP contribution < -0.4 is 21.9 Å². The van der Waals surface area contributed by atoms with Gasteiger partial charge in [0, 0.05) is 18.3 Å². The molecule has 0 fully saturated rings. The minimum absolute atomic E-state index is 0.224. The standard InChI is InChI=1S/C24H22N4O4S/c1-14-7-8-19(15(2)11-14)28-23(31)22-20(9-10-33-22)27(24(28)32)13-21(30)26-18-6-4-5-17(12-18)25-16(3)29/h4-12H,13H2,1-3H3,(H,25,29)(H,26,30). The summed E-state index contributed by atoms with van der Waals surface area (Å²) in [6.45, 7) is 4.90. The van der Waals surface area contributed by atoms with E-state index in [1.54, 1.807) is 41.8 Å². The van der Waals surface area contributed by atoms with Crippen LogP contribution in [-0.2, 0) is 16.1 Å². The highest BCUT2D eigenvalue weighted by Gasteiger charge is 2.18. The Bertz CT molecular complexity index is 1510. The zero-order valence-electron chi connectivity index (χ0n) is 18.3. The molecule has 8 nitrogen and oxygen atoms in total. The fourth-order valence-corrected chi connectivity index (χ4v) is 4.55. The van der Waals surface area contributed by atoms with Crippen molar-refractivity contribution in [2.24, 2.45) is 0 Å². The highest BCUT2D eigenvalue weighted by Crippen LogP contribution is 2.19. The summed E-state index contributed by atoms with van der Waals surface area (Å²) in [4.78, 5) is 50.6. The fraction of sp³-hybridized carbons (Fsp3) is 0.167. The van der Waals surface area contributed by atoms with Crippen molar-refractivity contribution in [3.05, 3.63) is 85.9 Å². The van der Waals surface area contributed by atoms with Gasteiger partial charge < -0.3 is 10.6 Å². The van der Waals surface area contributed by atoms with Gasteiger partial charge in [-0.25, -0.2) is 9.36 Å². The predicted molar refractivity (Wildman–Crippen MR) is 131 cm³/mol. The summed E-state index contributed by atoms with van der Waals surface area (Å²) in [5, 5.41) is 7.13. The van der Waals surface area contributed by atoms with E-state index >= 15 is 0 Å². The second-order valence-electron chi connectivity index (χ2n) is 7.74. The van der Waals surface area contributed by atoms with E-state index in [1.807, 2.05) is 26.0 Å². The number of nitrogens with zero attached hydrogens (tertiary/aromatic N) is 2. The Labute approximate surface area is 193 Å². The molecule has 2 heterocycles. The smallest absolute Gasteiger partial charge is 0.326 e. The molecular weight excluding hydrogens is 440 g/mol. The lowest BCUT2D eigenvalue weighted by atomic mass is 10.1. The minimum Gasteiger partial charge on any atom is -0.326 e. The summed E-state index contributed by atoms with van der Waals surface area (Å²) in [5.74, 6) is -0.658. The van der Waals surface area contributed by atoms with Crippen LogP contribution >= 0.6 is 11.3 Å². The van der Waals surface area contributed by atoms with E-state index in [2.05, 4.69) is 10.6 Å². The number of rotatable bonds is 5. The van der Waals surface area contributed by atoms with Gasteiger partial charge in [0.1, 0.15) is 11.2 Å². The maximum Gasteiger partial charge on any atom is 0.336 e. The van der Waals surface area contributed by atoms with E-state index < -0.39 is 17.2 Å². The van der Waals surface area contributed by atoms with E-state index in [9.17, 15) is 19.2 Å². The van der Waals surface area contributed by atoms with Crippen molar-refractivity contribution in [1.82, 2.24) is 9.13 Å². The van der Waals surface area contributed by atoms with Crippen molar-refractivity contribution >= 4 is 44.7 Å². The quantitative estimate of drug-likeness (QED) is 0.474. The van der Waals surface area contributed by atoms with Crippen molar-refractivity contribution in [3.8, 4) is 5.69 Å². The summed E-state index contributed by atoms with van der Waals surface area (Å²) in [6, 6.07) is 13.9. The van der Waals surface area contributed by atoms with E-state index in [1.165, 1.54) is 22.8 Å². The monoisotopic (exact) mass is 462 g/mol. The molecule has 0 saturated carbocycles. The highest BCUT2D eigenvalue weighted by atomic mass is 32.1. The van der Waals surface area contributed by atoms with Crippen molar-refractivity contribution in [1.29, 1.82) is 0 Å². The normalized spacial score (nSPS) is 10.9. The maximum atomic E-state index is 13.4. The van der Waals surface area contributed by atoms with Crippen molar-refractivity contribution in [3.63, 3.8) is 0 Å². The van der Waals surface area contributed by atoms with Crippen LogP contribution in [0.3, 0.4) is 0 Å². The molecule has 0 atom stereocenters. The van der Waals surface area contributed by atoms with Gasteiger partial charge in [-0.3, -0.25) is 19.0 Å². The van der Waals surface area contributed by atoms with Crippen LogP contribution in [-0.4, -0.2) is 20.9 Å². The molecule has 9 heteroatoms. The largest absolute Gasteiger partial charge is 0.336 e. The van der Waals surface area contributed by atoms with E-state index in [0.717, 1.165) is 15.7 Å². The molecule has 168 valence electrons. The molecule has 0 saturated heterocycles. The molecule has 2 N–H and O–H groups in total. The molecular formula is C24H22N4O4S. The molecule has 2 aromatic heterocycles. The van der Waals surface area contributed by atoms with Crippen molar-refractivity contribution in [2.75, 3.05) is 10.6 Å². The van der Waals surface area contributed by atoms with Gasteiger partial charge in [0.2, 0.25) is 11.8 Å². The van der Waals surface area contributed by atoms with Crippen molar-refractivity contribution in [2.45, 2.75) is 27.3 Å². The highest BCUT2D eigenvalue weighted by molar-refractivity contribution is 7.17. The van der Waals surface area contributed by atoms with E-state index in [0.29, 0.717) is 27.3 Å². The summed E-state index contributed by atoms with van der Waals surface area (Å²) in [6.07, 6.45) is 0. The first-order valence-corrected chi connectivity index (χ1v) is 11.1. The molecule has 2 aromatic carbocycles. The van der Waals surface area contributed by atoms with Gasteiger partial charge in [-0.15, -0.1) is 11.3 Å². The van der Waals surface area contributed by atoms with Crippen LogP contribution in [0.25, 0.3) is 15.9 Å². The lowest BCUT2D eigenvalue weighted by Gasteiger charge is -2.14. The molecule has 0 aliphatic rings. The summed E-state index contributed by atoms with van der Waals surface area (Å²) < 4.78 is 2.83. The zero-order valence-corrected chi connectivity index (χ0v) is 19.2. The zero-order chi connectivity index (χ0) is 23.7. The molecule has 4 aromatic rings. The number of fused-ring (bicyclic) bond motifs is 1. The summed E-state index contributed by atoms with van der Waals surface area (Å²) in [7, 11) is 0. The van der Waals surface area contributed by atoms with Crippen LogP contribution in [0.1, 0.15) is 18.1 Å². The minimum atomic E-state index is -0.583. The maximum absolute atomic E-state index is 13.4. The molecule has 0 bridgehead atoms. The van der Waals surface area contributed by atoms with Crippen LogP contribution in [0.5, 0.6) is 0 Å². The van der Waals surface area contributed by atoms with Gasteiger partial charge in [0.25, 0.3) is 5.56 Å². The van der Waals surface area contributed by atoms with E-state index in [4.69, 9.17) is 0 Å². The van der Waals surface area contributed by atoms with Gasteiger partial charge in [-0.1, -0.05) is 23.8 Å². The number of hydrogen-bond donors (Lipinski definition) is 2. The lowest BCUT2D eigenvalue weighted by molar-refractivity contribution is -0.117. The molecule has 4 rings (SSSR count). The number of benzene rings is 2. The SMILES string of the molecule is CC(=O)Nc1cccc(NC(=O)Cn2c(=O)n(-c3ccc(C)cc3C)c(=O)c3sccc32)c1. The average Bonchev–Trinajstić information content (AvgIpc) is 3.22. The van der Waals surface area contributed by atoms with Crippen LogP contribution in [0.2, 0.25) is 0 Å². The van der Waals surface area contributed by atoms with Crippen molar-refractivity contribution < 1.29 is 9.59 Å². The summed E-state index contributed by atoms with van der Waals surface area (Å²) >= 11 is 1.23. The first-order valence-electron chi connectivity index (χ1n) is 10.2. The number of carbonyl (C=O) groups is 2. The van der Waals surface area contributed by atoms with Crippen LogP contribution in [0.15, 0.2) is 63.5 Å². The molecule has 0 aliphatic carbocycles. The lowest BCUT2D eigenvalue weighted by Crippen LogP contribution is -2.40. The third kappa shape index (κ3) is 4.49. The molecule has 0 spiro atoms. The van der Waals surface area contributed by atoms with Gasteiger partial charge in [-0.2, -0.15) is 0 Å². The predicted octanol–water partition coefficient (Wildman–Crippen LogP) is 3.43. The van der Waals surface area contributed by atoms with Gasteiger partial charge >= 0.3 is 5.69 Å². The Morgan fingerprint density at radius 3 is 2.39 bits per heavy atom. The Balaban J connectivity index is 1.73. The number of hydrogen-bond acceptors (Lipinski definition) is 5. The second-order valence-corrected chi connectivity index (χ2v) is 8.66. The summed E-state index contributed by atoms with van der Waals surface area (Å²) in [5.41, 5.74) is 2.74. The number of nitrogens with one attached hydrogen (secondary N) is 2. The molecule has 33 heavy (non-hydrogen) atoms. The second kappa shape index (κ2) is 8.87. The first-order chi connectivity index (χ1) is 15.7. The Kier molecular flexibility index (Phi) is 5.97. The number of anilines is 2. The molecule has 0 radical (unpaired) electrons. The topological polar surface area (TPSA) is 102 Å². The third-order valence-corrected chi connectivity index (χ3v) is 6.01. The average molecular weight is 463 g/mol. The van der Waals surface area contributed by atoms with Crippen LogP contribution in [0.4, 0.5) is 11.4 Å². The van der Waals surface area contributed by atoms with Gasteiger partial charge in [-0.05, 0) is 55.1 Å². The van der Waals surface area contributed by atoms with Gasteiger partial charge in [0.05, 0.1) is 11.2 Å². The molecule has 0 aliphatic heterocycles. The van der Waals surface area contributed by atoms with Gasteiger partial charge in [0.15, 0.2) is 0 Å². The number of aromatic nitrogens is 2. The van der Waals surface area contributed by atoms with E-state index in [-0.39, 0.29) is 12.5 Å². The Morgan fingerprint density at radius 1 is 0.970 bits per heavy atom. The fourth-order valence-electron chi connectivity index (χ4n) is 3.73. The first kappa shape index (κ1) is 22.2. The Hall–Kier alpha value is -3.98. The Morgan fingerprint density at radius 2 is 1.70 bits per heavy atom. The number of carbonyl (C=O) groups excluding carboxylic acids is 2. The number of amides is 2. The molecule has 0 unspecified atom stereocenters. The third-order valence-electron chi connectivity index (χ3n) is 5.12.